The Morgan fingerprint density at radius 2 is 1.25 bits per heavy atom. The number of anilines is 1. The quantitative estimate of drug-likeness (QED) is 0.240. The van der Waals surface area contributed by atoms with Gasteiger partial charge in [-0.1, -0.05) is 12.8 Å². The van der Waals surface area contributed by atoms with E-state index in [2.05, 4.69) is 50.1 Å². The highest BCUT2D eigenvalue weighted by molar-refractivity contribution is 5.82. The van der Waals surface area contributed by atoms with Gasteiger partial charge in [-0.3, -0.25) is 0 Å². The maximum Gasteiger partial charge on any atom is 0.221 e. The Morgan fingerprint density at radius 3 is 1.90 bits per heavy atom. The summed E-state index contributed by atoms with van der Waals surface area (Å²) in [4.78, 5) is 14.4. The summed E-state index contributed by atoms with van der Waals surface area (Å²) < 4.78 is 12.2. The SMILES string of the molecule is Nc1nc(-c2ccc(OCCCN3CCCCC3)cc2)c2c(n1)-c1ccc(OCCCN3CCCCC3)cc1C2. The van der Waals surface area contributed by atoms with Crippen LogP contribution < -0.4 is 15.2 Å². The second kappa shape index (κ2) is 13.0. The molecule has 2 fully saturated rings. The van der Waals surface area contributed by atoms with E-state index in [0.29, 0.717) is 5.95 Å². The van der Waals surface area contributed by atoms with Crippen LogP contribution in [0.15, 0.2) is 42.5 Å². The Balaban J connectivity index is 1.06. The van der Waals surface area contributed by atoms with Crippen molar-refractivity contribution in [2.75, 3.05) is 58.2 Å². The Bertz CT molecular complexity index is 1270. The van der Waals surface area contributed by atoms with Gasteiger partial charge in [-0.05, 0) is 113 Å². The van der Waals surface area contributed by atoms with Gasteiger partial charge in [0, 0.05) is 36.2 Å². The zero-order chi connectivity index (χ0) is 27.1. The maximum absolute atomic E-state index is 6.19. The van der Waals surface area contributed by atoms with Gasteiger partial charge in [-0.25, -0.2) is 9.97 Å². The first kappa shape index (κ1) is 27.0. The van der Waals surface area contributed by atoms with E-state index in [0.717, 1.165) is 85.1 Å². The third-order valence-corrected chi connectivity index (χ3v) is 8.52. The van der Waals surface area contributed by atoms with Crippen molar-refractivity contribution in [1.29, 1.82) is 0 Å². The van der Waals surface area contributed by atoms with Gasteiger partial charge in [0.15, 0.2) is 0 Å². The number of nitrogens with two attached hydrogens (primary N) is 1. The second-order valence-electron chi connectivity index (χ2n) is 11.5. The summed E-state index contributed by atoms with van der Waals surface area (Å²) in [5.41, 5.74) is 12.5. The predicted molar refractivity (Wildman–Crippen MR) is 161 cm³/mol. The highest BCUT2D eigenvalue weighted by Gasteiger charge is 2.26. The first-order chi connectivity index (χ1) is 19.7. The molecule has 6 rings (SSSR count). The average Bonchev–Trinajstić information content (AvgIpc) is 3.36. The van der Waals surface area contributed by atoms with Gasteiger partial charge in [0.25, 0.3) is 0 Å². The van der Waals surface area contributed by atoms with Gasteiger partial charge in [-0.15, -0.1) is 0 Å². The minimum atomic E-state index is 0.303. The molecule has 1 aromatic heterocycles. The molecule has 3 aromatic rings. The summed E-state index contributed by atoms with van der Waals surface area (Å²) in [6.45, 7) is 8.66. The van der Waals surface area contributed by atoms with Gasteiger partial charge in [0.2, 0.25) is 5.95 Å². The highest BCUT2D eigenvalue weighted by Crippen LogP contribution is 2.41. The zero-order valence-electron chi connectivity index (χ0n) is 23.7. The van der Waals surface area contributed by atoms with E-state index in [-0.39, 0.29) is 0 Å². The van der Waals surface area contributed by atoms with Crippen molar-refractivity contribution in [3.63, 3.8) is 0 Å². The normalized spacial score (nSPS) is 17.4. The van der Waals surface area contributed by atoms with Gasteiger partial charge in [0.05, 0.1) is 24.6 Å². The number of nitrogen functional groups attached to an aromatic ring is 1. The summed E-state index contributed by atoms with van der Waals surface area (Å²) >= 11 is 0. The van der Waals surface area contributed by atoms with Crippen LogP contribution in [-0.4, -0.2) is 72.3 Å². The van der Waals surface area contributed by atoms with Crippen molar-refractivity contribution in [1.82, 2.24) is 19.8 Å². The molecule has 0 spiro atoms. The molecule has 2 aromatic carbocycles. The molecule has 0 atom stereocenters. The first-order valence-corrected chi connectivity index (χ1v) is 15.3. The molecule has 0 amide bonds. The first-order valence-electron chi connectivity index (χ1n) is 15.3. The summed E-state index contributed by atoms with van der Waals surface area (Å²) in [6, 6.07) is 14.6. The number of ether oxygens (including phenoxy) is 2. The molecule has 7 nitrogen and oxygen atoms in total. The molecule has 3 aliphatic rings. The molecule has 0 unspecified atom stereocenters. The van der Waals surface area contributed by atoms with Gasteiger partial charge in [0.1, 0.15) is 11.5 Å². The van der Waals surface area contributed by atoms with Crippen LogP contribution in [0, 0.1) is 0 Å². The molecule has 0 radical (unpaired) electrons. The van der Waals surface area contributed by atoms with Crippen LogP contribution in [0.5, 0.6) is 11.5 Å². The standard InChI is InChI=1S/C33H43N5O2/c34-33-35-31(25-9-11-27(12-10-25)39-21-7-19-37-15-3-1-4-16-37)30-24-26-23-28(13-14-29(26)32(30)36-33)40-22-8-20-38-17-5-2-6-18-38/h9-14,23H,1-8,15-22,24H2,(H2,34,35,36). The minimum Gasteiger partial charge on any atom is -0.494 e. The van der Waals surface area contributed by atoms with Crippen LogP contribution in [0.25, 0.3) is 22.5 Å². The average molecular weight is 542 g/mol. The maximum atomic E-state index is 6.19. The number of benzene rings is 2. The van der Waals surface area contributed by atoms with E-state index < -0.39 is 0 Å². The van der Waals surface area contributed by atoms with Gasteiger partial charge < -0.3 is 25.0 Å². The lowest BCUT2D eigenvalue weighted by atomic mass is 10.0. The molecule has 2 aliphatic heterocycles. The second-order valence-corrected chi connectivity index (χ2v) is 11.5. The van der Waals surface area contributed by atoms with Crippen molar-refractivity contribution in [3.05, 3.63) is 53.6 Å². The molecular formula is C33H43N5O2. The van der Waals surface area contributed by atoms with Crippen LogP contribution in [0.3, 0.4) is 0 Å². The largest absolute Gasteiger partial charge is 0.494 e. The number of hydrogen-bond acceptors (Lipinski definition) is 7. The number of likely N-dealkylation sites (tertiary alicyclic amines) is 2. The summed E-state index contributed by atoms with van der Waals surface area (Å²) in [7, 11) is 0. The summed E-state index contributed by atoms with van der Waals surface area (Å²) in [5.74, 6) is 2.12. The van der Waals surface area contributed by atoms with Crippen molar-refractivity contribution in [2.24, 2.45) is 0 Å². The Labute approximate surface area is 238 Å². The summed E-state index contributed by atoms with van der Waals surface area (Å²) in [5, 5.41) is 0. The zero-order valence-corrected chi connectivity index (χ0v) is 23.7. The number of fused-ring (bicyclic) bond motifs is 3. The van der Waals surface area contributed by atoms with E-state index in [4.69, 9.17) is 15.2 Å². The fraction of sp³-hybridized carbons (Fsp3) is 0.515. The number of rotatable bonds is 11. The lowest BCUT2D eigenvalue weighted by Crippen LogP contribution is -2.31. The Morgan fingerprint density at radius 1 is 0.675 bits per heavy atom. The van der Waals surface area contributed by atoms with Gasteiger partial charge >= 0.3 is 0 Å². The minimum absolute atomic E-state index is 0.303. The topological polar surface area (TPSA) is 76.7 Å². The molecule has 2 saturated heterocycles. The third kappa shape index (κ3) is 6.58. The Kier molecular flexibility index (Phi) is 8.79. The molecule has 0 bridgehead atoms. The molecule has 1 aliphatic carbocycles. The fourth-order valence-electron chi connectivity index (χ4n) is 6.39. The van der Waals surface area contributed by atoms with Crippen LogP contribution in [0.4, 0.5) is 5.95 Å². The van der Waals surface area contributed by atoms with E-state index >= 15 is 0 Å². The number of nitrogens with zero attached hydrogens (tertiary/aromatic N) is 4. The number of hydrogen-bond donors (Lipinski definition) is 1. The third-order valence-electron chi connectivity index (χ3n) is 8.52. The number of piperidine rings is 2. The molecule has 3 heterocycles. The van der Waals surface area contributed by atoms with Crippen molar-refractivity contribution < 1.29 is 9.47 Å². The molecule has 2 N–H and O–H groups in total. The van der Waals surface area contributed by atoms with Crippen LogP contribution in [0.2, 0.25) is 0 Å². The van der Waals surface area contributed by atoms with Crippen LogP contribution in [0.1, 0.15) is 62.5 Å². The lowest BCUT2D eigenvalue weighted by molar-refractivity contribution is 0.205. The lowest BCUT2D eigenvalue weighted by Gasteiger charge is -2.26. The molecule has 40 heavy (non-hydrogen) atoms. The van der Waals surface area contributed by atoms with Gasteiger partial charge in [-0.2, -0.15) is 0 Å². The molecule has 0 saturated carbocycles. The fourth-order valence-corrected chi connectivity index (χ4v) is 6.39. The summed E-state index contributed by atoms with van der Waals surface area (Å²) in [6.07, 6.45) is 11.0. The Hall–Kier alpha value is -3.16. The van der Waals surface area contributed by atoms with Crippen LogP contribution >= 0.6 is 0 Å². The van der Waals surface area contributed by atoms with E-state index in [1.54, 1.807) is 0 Å². The van der Waals surface area contributed by atoms with Crippen molar-refractivity contribution >= 4 is 5.95 Å². The molecular weight excluding hydrogens is 498 g/mol. The van der Waals surface area contributed by atoms with E-state index in [1.165, 1.54) is 70.3 Å². The molecule has 212 valence electrons. The van der Waals surface area contributed by atoms with Crippen molar-refractivity contribution in [3.8, 4) is 34.0 Å². The van der Waals surface area contributed by atoms with E-state index in [9.17, 15) is 0 Å². The highest BCUT2D eigenvalue weighted by atomic mass is 16.5. The van der Waals surface area contributed by atoms with E-state index in [1.807, 2.05) is 12.1 Å². The monoisotopic (exact) mass is 541 g/mol. The smallest absolute Gasteiger partial charge is 0.221 e. The van der Waals surface area contributed by atoms with Crippen molar-refractivity contribution in [2.45, 2.75) is 57.8 Å². The molecule has 7 heteroatoms. The predicted octanol–water partition coefficient (Wildman–Crippen LogP) is 5.81. The van der Waals surface area contributed by atoms with Crippen LogP contribution in [-0.2, 0) is 6.42 Å². The number of aromatic nitrogens is 2.